The summed E-state index contributed by atoms with van der Waals surface area (Å²) in [5.74, 6) is 0. The van der Waals surface area contributed by atoms with E-state index in [1.807, 2.05) is 44.1 Å². The van der Waals surface area contributed by atoms with Crippen LogP contribution in [0.15, 0.2) is 0 Å². The minimum atomic E-state index is -2.27. The van der Waals surface area contributed by atoms with E-state index in [0.29, 0.717) is 6.61 Å². The Labute approximate surface area is 94.3 Å². The summed E-state index contributed by atoms with van der Waals surface area (Å²) in [5.41, 5.74) is 0. The van der Waals surface area contributed by atoms with E-state index in [2.05, 4.69) is 6.92 Å². The number of unbranched alkanes of at least 4 members (excludes halogenated alkanes) is 3. The predicted octanol–water partition coefficient (Wildman–Crippen LogP) is 4.56. The second kappa shape index (κ2) is 7.09. The van der Waals surface area contributed by atoms with Crippen LogP contribution in [0.2, 0.25) is 0 Å². The van der Waals surface area contributed by atoms with Gasteiger partial charge in [-0.2, -0.15) is 0 Å². The Morgan fingerprint density at radius 3 is 2.36 bits per heavy atom. The standard InChI is InChI=1S/C6H13I2O2P/c1-2-3-4-5-6-10-11(7,8)9/h2-6H2,1H3. The molecule has 0 bridgehead atoms. The molecule has 0 rings (SSSR count). The number of halogens is 2. The van der Waals surface area contributed by atoms with Crippen molar-refractivity contribution in [2.45, 2.75) is 32.6 Å². The lowest BCUT2D eigenvalue weighted by Gasteiger charge is -2.03. The van der Waals surface area contributed by atoms with Gasteiger partial charge in [-0.15, -0.1) is 0 Å². The molecule has 0 aliphatic heterocycles. The quantitative estimate of drug-likeness (QED) is 0.370. The Hall–Kier alpha value is 1.65. The van der Waals surface area contributed by atoms with E-state index in [1.54, 1.807) is 0 Å². The third kappa shape index (κ3) is 11.7. The van der Waals surface area contributed by atoms with Gasteiger partial charge in [0.1, 0.15) is 0 Å². The minimum absolute atomic E-state index is 0.642. The lowest BCUT2D eigenvalue weighted by atomic mass is 10.2. The molecule has 68 valence electrons. The van der Waals surface area contributed by atoms with Gasteiger partial charge in [0, 0.05) is 44.1 Å². The lowest BCUT2D eigenvalue weighted by Crippen LogP contribution is -1.86. The van der Waals surface area contributed by atoms with Crippen LogP contribution in [0, 0.1) is 0 Å². The van der Waals surface area contributed by atoms with Gasteiger partial charge < -0.3 is 4.52 Å². The van der Waals surface area contributed by atoms with Crippen LogP contribution in [0.4, 0.5) is 0 Å². The smallest absolute Gasteiger partial charge is 0.315 e. The molecule has 0 radical (unpaired) electrons. The first-order valence-corrected chi connectivity index (χ1v) is 10.9. The summed E-state index contributed by atoms with van der Waals surface area (Å²) >= 11 is 3.72. The molecule has 0 aliphatic rings. The highest BCUT2D eigenvalue weighted by molar-refractivity contribution is 14.3. The zero-order valence-electron chi connectivity index (χ0n) is 6.56. The Kier molecular flexibility index (Phi) is 8.16. The van der Waals surface area contributed by atoms with Gasteiger partial charge in [0.2, 0.25) is 0 Å². The van der Waals surface area contributed by atoms with Crippen LogP contribution in [0.3, 0.4) is 0 Å². The fourth-order valence-electron chi connectivity index (χ4n) is 0.700. The van der Waals surface area contributed by atoms with Crippen molar-refractivity contribution in [1.82, 2.24) is 0 Å². The highest BCUT2D eigenvalue weighted by Crippen LogP contribution is 2.63. The van der Waals surface area contributed by atoms with Crippen LogP contribution < -0.4 is 0 Å². The maximum Gasteiger partial charge on any atom is 0.315 e. The summed E-state index contributed by atoms with van der Waals surface area (Å²) in [6, 6.07) is 0. The summed E-state index contributed by atoms with van der Waals surface area (Å²) in [4.78, 5) is 0. The molecule has 0 spiro atoms. The maximum absolute atomic E-state index is 11.0. The van der Waals surface area contributed by atoms with E-state index in [1.165, 1.54) is 19.3 Å². The Morgan fingerprint density at radius 2 is 1.91 bits per heavy atom. The zero-order chi connectivity index (χ0) is 8.74. The molecule has 0 aliphatic carbocycles. The topological polar surface area (TPSA) is 26.3 Å². The number of hydrogen-bond acceptors (Lipinski definition) is 2. The fourth-order valence-corrected chi connectivity index (χ4v) is 2.22. The van der Waals surface area contributed by atoms with Crippen molar-refractivity contribution in [2.24, 2.45) is 0 Å². The van der Waals surface area contributed by atoms with E-state index < -0.39 is 2.65 Å². The monoisotopic (exact) mass is 402 g/mol. The Balaban J connectivity index is 3.09. The molecule has 0 saturated heterocycles. The van der Waals surface area contributed by atoms with Gasteiger partial charge >= 0.3 is 2.65 Å². The van der Waals surface area contributed by atoms with E-state index in [-0.39, 0.29) is 0 Å². The maximum atomic E-state index is 11.0. The molecular formula is C6H13I2O2P. The summed E-state index contributed by atoms with van der Waals surface area (Å²) < 4.78 is 13.8. The predicted molar refractivity (Wildman–Crippen MR) is 65.7 cm³/mol. The van der Waals surface area contributed by atoms with Gasteiger partial charge in [0.15, 0.2) is 0 Å². The average Bonchev–Trinajstić information content (AvgIpc) is 1.85. The number of hydrogen-bond donors (Lipinski definition) is 0. The van der Waals surface area contributed by atoms with Crippen molar-refractivity contribution in [3.05, 3.63) is 0 Å². The van der Waals surface area contributed by atoms with Crippen LogP contribution in [0.1, 0.15) is 32.6 Å². The van der Waals surface area contributed by atoms with E-state index >= 15 is 0 Å². The third-order valence-electron chi connectivity index (χ3n) is 1.24. The molecule has 0 aromatic carbocycles. The zero-order valence-corrected chi connectivity index (χ0v) is 11.8. The van der Waals surface area contributed by atoms with Crippen LogP contribution >= 0.6 is 46.7 Å². The van der Waals surface area contributed by atoms with Crippen LogP contribution in [-0.4, -0.2) is 6.61 Å². The minimum Gasteiger partial charge on any atom is -0.315 e. The van der Waals surface area contributed by atoms with Gasteiger partial charge in [0.05, 0.1) is 6.61 Å². The molecule has 0 saturated carbocycles. The molecule has 0 amide bonds. The normalized spacial score (nSPS) is 11.9. The van der Waals surface area contributed by atoms with Gasteiger partial charge in [-0.05, 0) is 6.42 Å². The summed E-state index contributed by atoms with van der Waals surface area (Å²) in [7, 11) is 0. The lowest BCUT2D eigenvalue weighted by molar-refractivity contribution is 0.326. The van der Waals surface area contributed by atoms with Crippen molar-refractivity contribution in [3.8, 4) is 0 Å². The molecule has 0 fully saturated rings. The molecular weight excluding hydrogens is 389 g/mol. The largest absolute Gasteiger partial charge is 0.315 e. The first-order valence-electron chi connectivity index (χ1n) is 3.70. The summed E-state index contributed by atoms with van der Waals surface area (Å²) in [6.07, 6.45) is 4.69. The molecule has 0 aromatic heterocycles. The molecule has 0 N–H and O–H groups in total. The third-order valence-corrected chi connectivity index (χ3v) is 3.39. The second-order valence-electron chi connectivity index (χ2n) is 2.31. The Bertz CT molecular complexity index is 135. The van der Waals surface area contributed by atoms with Crippen molar-refractivity contribution >= 4 is 46.7 Å². The number of rotatable bonds is 6. The molecule has 0 aromatic rings. The van der Waals surface area contributed by atoms with E-state index in [0.717, 1.165) is 6.42 Å². The first-order chi connectivity index (χ1) is 5.06. The van der Waals surface area contributed by atoms with E-state index in [9.17, 15) is 4.57 Å². The second-order valence-corrected chi connectivity index (χ2v) is 16.6. The molecule has 0 atom stereocenters. The highest BCUT2D eigenvalue weighted by atomic mass is 127. The van der Waals surface area contributed by atoms with Gasteiger partial charge in [-0.25, -0.2) is 0 Å². The molecule has 2 nitrogen and oxygen atoms in total. The molecule has 0 heterocycles. The van der Waals surface area contributed by atoms with Gasteiger partial charge in [-0.1, -0.05) is 26.2 Å². The summed E-state index contributed by atoms with van der Waals surface area (Å²) in [6.45, 7) is 2.81. The van der Waals surface area contributed by atoms with Crippen molar-refractivity contribution in [2.75, 3.05) is 6.61 Å². The van der Waals surface area contributed by atoms with Gasteiger partial charge in [-0.3, -0.25) is 4.57 Å². The fraction of sp³-hybridized carbons (Fsp3) is 1.00. The van der Waals surface area contributed by atoms with Gasteiger partial charge in [0.25, 0.3) is 0 Å². The SMILES string of the molecule is CCCCCCOP(=O)(I)I. The van der Waals surface area contributed by atoms with E-state index in [4.69, 9.17) is 4.52 Å². The van der Waals surface area contributed by atoms with Crippen molar-refractivity contribution in [3.63, 3.8) is 0 Å². The Morgan fingerprint density at radius 1 is 1.27 bits per heavy atom. The van der Waals surface area contributed by atoms with Crippen LogP contribution in [-0.2, 0) is 9.09 Å². The molecule has 11 heavy (non-hydrogen) atoms. The van der Waals surface area contributed by atoms with Crippen molar-refractivity contribution in [1.29, 1.82) is 0 Å². The first kappa shape index (κ1) is 12.7. The van der Waals surface area contributed by atoms with Crippen molar-refractivity contribution < 1.29 is 9.09 Å². The average molecular weight is 402 g/mol. The molecule has 5 heteroatoms. The molecule has 0 unspecified atom stereocenters. The highest BCUT2D eigenvalue weighted by Gasteiger charge is 2.10. The van der Waals surface area contributed by atoms with Crippen LogP contribution in [0.5, 0.6) is 0 Å². The summed E-state index contributed by atoms with van der Waals surface area (Å²) in [5, 5.41) is 0. The van der Waals surface area contributed by atoms with Crippen LogP contribution in [0.25, 0.3) is 0 Å².